The molecule has 9 heteroatoms. The summed E-state index contributed by atoms with van der Waals surface area (Å²) in [4.78, 5) is 13.2. The number of anilines is 1. The Labute approximate surface area is 162 Å². The quantitative estimate of drug-likeness (QED) is 0.593. The van der Waals surface area contributed by atoms with Crippen molar-refractivity contribution in [3.05, 3.63) is 36.4 Å². The van der Waals surface area contributed by atoms with Gasteiger partial charge in [-0.2, -0.15) is 0 Å². The standard InChI is InChI=1S/C19H23N5O4/c1-11(12-3-5-14(26)15(7-12)27-2)23-18-17-19(21-9-20-18)24(10-22-17)16-6-4-13(8-25)28-16/h3,5,7,9-11,13,16,25-26H,4,6,8H2,1-2H3,(H,20,21,23)/t11?,13-,16+/m0/s1. The van der Waals surface area contributed by atoms with Crippen LogP contribution in [0.2, 0.25) is 0 Å². The van der Waals surface area contributed by atoms with Gasteiger partial charge < -0.3 is 25.0 Å². The fraction of sp³-hybridized carbons (Fsp3) is 0.421. The first-order valence-electron chi connectivity index (χ1n) is 9.18. The van der Waals surface area contributed by atoms with Crippen LogP contribution in [-0.2, 0) is 4.74 Å². The topological polar surface area (TPSA) is 115 Å². The van der Waals surface area contributed by atoms with E-state index in [-0.39, 0.29) is 30.7 Å². The van der Waals surface area contributed by atoms with E-state index in [1.807, 2.05) is 17.6 Å². The van der Waals surface area contributed by atoms with Gasteiger partial charge in [0.25, 0.3) is 0 Å². The molecule has 0 bridgehead atoms. The molecule has 3 atom stereocenters. The Balaban J connectivity index is 1.59. The fourth-order valence-electron chi connectivity index (χ4n) is 3.45. The van der Waals surface area contributed by atoms with E-state index < -0.39 is 0 Å². The second kappa shape index (κ2) is 7.61. The Morgan fingerprint density at radius 1 is 1.32 bits per heavy atom. The van der Waals surface area contributed by atoms with Gasteiger partial charge in [-0.05, 0) is 37.5 Å². The maximum absolute atomic E-state index is 9.78. The van der Waals surface area contributed by atoms with Gasteiger partial charge in [0.15, 0.2) is 28.5 Å². The lowest BCUT2D eigenvalue weighted by Crippen LogP contribution is -2.14. The molecule has 1 saturated heterocycles. The SMILES string of the molecule is COc1cc(C(C)Nc2ncnc3c2ncn3[C@H]2CC[C@@H](CO)O2)ccc1O. The third kappa shape index (κ3) is 3.34. The van der Waals surface area contributed by atoms with Gasteiger partial charge in [-0.25, -0.2) is 15.0 Å². The summed E-state index contributed by atoms with van der Waals surface area (Å²) in [6, 6.07) is 5.12. The lowest BCUT2D eigenvalue weighted by Gasteiger charge is -2.17. The van der Waals surface area contributed by atoms with Gasteiger partial charge in [0.05, 0.1) is 32.2 Å². The highest BCUT2D eigenvalue weighted by Gasteiger charge is 2.28. The highest BCUT2D eigenvalue weighted by atomic mass is 16.5. The van der Waals surface area contributed by atoms with Crippen molar-refractivity contribution in [2.45, 2.75) is 38.1 Å². The normalized spacial score (nSPS) is 20.4. The molecule has 0 aliphatic carbocycles. The largest absolute Gasteiger partial charge is 0.504 e. The van der Waals surface area contributed by atoms with E-state index in [2.05, 4.69) is 20.3 Å². The van der Waals surface area contributed by atoms with Crippen molar-refractivity contribution in [2.24, 2.45) is 0 Å². The van der Waals surface area contributed by atoms with Gasteiger partial charge in [0.2, 0.25) is 0 Å². The molecule has 3 aromatic rings. The number of phenolic OH excluding ortho intramolecular Hbond substituents is 1. The maximum atomic E-state index is 9.78. The molecule has 148 valence electrons. The van der Waals surface area contributed by atoms with Crippen LogP contribution in [0.15, 0.2) is 30.9 Å². The summed E-state index contributed by atoms with van der Waals surface area (Å²) in [6.45, 7) is 2.00. The number of aromatic nitrogens is 4. The summed E-state index contributed by atoms with van der Waals surface area (Å²) in [5, 5.41) is 22.4. The molecule has 1 unspecified atom stereocenters. The third-order valence-corrected chi connectivity index (χ3v) is 5.01. The monoisotopic (exact) mass is 385 g/mol. The van der Waals surface area contributed by atoms with Crippen LogP contribution in [-0.4, -0.2) is 49.6 Å². The van der Waals surface area contributed by atoms with Gasteiger partial charge in [-0.3, -0.25) is 4.57 Å². The fourth-order valence-corrected chi connectivity index (χ4v) is 3.45. The number of phenols is 1. The average Bonchev–Trinajstić information content (AvgIpc) is 3.35. The van der Waals surface area contributed by atoms with Crippen LogP contribution in [0.4, 0.5) is 5.82 Å². The summed E-state index contributed by atoms with van der Waals surface area (Å²) in [7, 11) is 1.52. The first-order valence-corrected chi connectivity index (χ1v) is 9.18. The molecule has 1 aliphatic heterocycles. The summed E-state index contributed by atoms with van der Waals surface area (Å²) < 4.78 is 12.9. The van der Waals surface area contributed by atoms with E-state index in [9.17, 15) is 10.2 Å². The highest BCUT2D eigenvalue weighted by molar-refractivity contribution is 5.82. The van der Waals surface area contributed by atoms with E-state index in [0.717, 1.165) is 18.4 Å². The van der Waals surface area contributed by atoms with Gasteiger partial charge in [-0.15, -0.1) is 0 Å². The maximum Gasteiger partial charge on any atom is 0.167 e. The molecule has 1 fully saturated rings. The second-order valence-corrected chi connectivity index (χ2v) is 6.82. The van der Waals surface area contributed by atoms with E-state index in [4.69, 9.17) is 9.47 Å². The molecule has 1 aliphatic rings. The Kier molecular flexibility index (Phi) is 5.01. The number of nitrogens with zero attached hydrogens (tertiary/aromatic N) is 4. The molecule has 2 aromatic heterocycles. The Hall–Kier alpha value is -2.91. The molecule has 0 spiro atoms. The smallest absolute Gasteiger partial charge is 0.167 e. The second-order valence-electron chi connectivity index (χ2n) is 6.82. The van der Waals surface area contributed by atoms with E-state index in [1.54, 1.807) is 18.5 Å². The number of fused-ring (bicyclic) bond motifs is 1. The summed E-state index contributed by atoms with van der Waals surface area (Å²) in [6.07, 6.45) is 4.45. The number of methoxy groups -OCH3 is 1. The van der Waals surface area contributed by atoms with Crippen LogP contribution in [0.25, 0.3) is 11.2 Å². The highest BCUT2D eigenvalue weighted by Crippen LogP contribution is 2.33. The third-order valence-electron chi connectivity index (χ3n) is 5.01. The van der Waals surface area contributed by atoms with Crippen LogP contribution in [0, 0.1) is 0 Å². The lowest BCUT2D eigenvalue weighted by molar-refractivity contribution is -0.0207. The predicted molar refractivity (Wildman–Crippen MR) is 102 cm³/mol. The molecule has 0 saturated carbocycles. The van der Waals surface area contributed by atoms with Crippen LogP contribution in [0.3, 0.4) is 0 Å². The minimum atomic E-state index is -0.191. The van der Waals surface area contributed by atoms with E-state index >= 15 is 0 Å². The molecule has 9 nitrogen and oxygen atoms in total. The first-order chi connectivity index (χ1) is 13.6. The number of hydrogen-bond acceptors (Lipinski definition) is 8. The number of imidazole rings is 1. The van der Waals surface area contributed by atoms with Crippen molar-refractivity contribution in [2.75, 3.05) is 19.0 Å². The van der Waals surface area contributed by atoms with Crippen molar-refractivity contribution < 1.29 is 19.7 Å². The van der Waals surface area contributed by atoms with E-state index in [0.29, 0.717) is 22.7 Å². The number of aromatic hydroxyl groups is 1. The first kappa shape index (κ1) is 18.5. The number of hydrogen-bond donors (Lipinski definition) is 3. The van der Waals surface area contributed by atoms with E-state index in [1.165, 1.54) is 13.4 Å². The van der Waals surface area contributed by atoms with Gasteiger partial charge in [0.1, 0.15) is 12.6 Å². The molecule has 1 aromatic carbocycles. The molecule has 0 radical (unpaired) electrons. The molecular formula is C19H23N5O4. The Bertz CT molecular complexity index is 976. The average molecular weight is 385 g/mol. The zero-order chi connectivity index (χ0) is 19.7. The minimum absolute atomic E-state index is 0.0124. The zero-order valence-electron chi connectivity index (χ0n) is 15.7. The summed E-state index contributed by atoms with van der Waals surface area (Å²) in [5.74, 6) is 1.12. The number of aliphatic hydroxyl groups excluding tert-OH is 1. The van der Waals surface area contributed by atoms with Crippen molar-refractivity contribution in [3.63, 3.8) is 0 Å². The van der Waals surface area contributed by atoms with Crippen LogP contribution >= 0.6 is 0 Å². The summed E-state index contributed by atoms with van der Waals surface area (Å²) >= 11 is 0. The van der Waals surface area contributed by atoms with Crippen LogP contribution in [0.5, 0.6) is 11.5 Å². The van der Waals surface area contributed by atoms with Gasteiger partial charge in [0, 0.05) is 0 Å². The number of benzene rings is 1. The number of rotatable bonds is 6. The lowest BCUT2D eigenvalue weighted by atomic mass is 10.1. The molecule has 28 heavy (non-hydrogen) atoms. The Morgan fingerprint density at radius 2 is 2.18 bits per heavy atom. The van der Waals surface area contributed by atoms with Crippen molar-refractivity contribution in [1.82, 2.24) is 19.5 Å². The van der Waals surface area contributed by atoms with Crippen molar-refractivity contribution >= 4 is 17.0 Å². The molecule has 0 amide bonds. The number of aliphatic hydroxyl groups is 1. The van der Waals surface area contributed by atoms with Crippen LogP contribution < -0.4 is 10.1 Å². The molecule has 4 rings (SSSR count). The van der Waals surface area contributed by atoms with Crippen LogP contribution in [0.1, 0.15) is 37.6 Å². The minimum Gasteiger partial charge on any atom is -0.504 e. The molecular weight excluding hydrogens is 362 g/mol. The van der Waals surface area contributed by atoms with Crippen molar-refractivity contribution in [3.8, 4) is 11.5 Å². The number of nitrogens with one attached hydrogen (secondary N) is 1. The Morgan fingerprint density at radius 3 is 2.93 bits per heavy atom. The van der Waals surface area contributed by atoms with Gasteiger partial charge >= 0.3 is 0 Å². The summed E-state index contributed by atoms with van der Waals surface area (Å²) in [5.41, 5.74) is 2.26. The zero-order valence-corrected chi connectivity index (χ0v) is 15.7. The van der Waals surface area contributed by atoms with Gasteiger partial charge in [-0.1, -0.05) is 6.07 Å². The number of ether oxygens (including phenoxy) is 2. The molecule has 3 N–H and O–H groups in total. The predicted octanol–water partition coefficient (Wildman–Crippen LogP) is 2.38. The van der Waals surface area contributed by atoms with Crippen molar-refractivity contribution in [1.29, 1.82) is 0 Å². The molecule has 3 heterocycles.